The topological polar surface area (TPSA) is 57.5 Å². The molecular formula is C19H28O3. The molecule has 0 amide bonds. The van der Waals surface area contributed by atoms with Crippen LogP contribution >= 0.6 is 0 Å². The number of Topliss-reactive ketones (excluding diaryl/α,β-unsaturated/α-hetero) is 1. The van der Waals surface area contributed by atoms with Crippen molar-refractivity contribution in [2.24, 2.45) is 28.6 Å². The van der Waals surface area contributed by atoms with Gasteiger partial charge in [0.2, 0.25) is 0 Å². The molecule has 4 aliphatic rings. The fraction of sp³-hybridized carbons (Fsp3) is 0.842. The summed E-state index contributed by atoms with van der Waals surface area (Å²) in [5.74, 6) is 1.42. The SMILES string of the molecule is C[C@]12CC[C@@H](O)CC1=CC[C@H]1[C@@H]3[C@@H](O)CC(=O)[C@@]3(C)CC[C@@H]12. The van der Waals surface area contributed by atoms with E-state index in [1.165, 1.54) is 5.57 Å². The van der Waals surface area contributed by atoms with Crippen LogP contribution in [0, 0.1) is 28.6 Å². The summed E-state index contributed by atoms with van der Waals surface area (Å²) in [5, 5.41) is 20.5. The minimum Gasteiger partial charge on any atom is -0.393 e. The van der Waals surface area contributed by atoms with E-state index in [1.54, 1.807) is 0 Å². The zero-order valence-corrected chi connectivity index (χ0v) is 13.7. The van der Waals surface area contributed by atoms with Crippen molar-refractivity contribution in [2.75, 3.05) is 0 Å². The summed E-state index contributed by atoms with van der Waals surface area (Å²) >= 11 is 0. The van der Waals surface area contributed by atoms with Gasteiger partial charge in [0.1, 0.15) is 5.78 Å². The van der Waals surface area contributed by atoms with Crippen molar-refractivity contribution in [3.05, 3.63) is 11.6 Å². The van der Waals surface area contributed by atoms with Gasteiger partial charge >= 0.3 is 0 Å². The molecule has 3 heteroatoms. The lowest BCUT2D eigenvalue weighted by Gasteiger charge is -2.57. The van der Waals surface area contributed by atoms with Crippen molar-refractivity contribution in [2.45, 2.75) is 71.0 Å². The summed E-state index contributed by atoms with van der Waals surface area (Å²) < 4.78 is 0. The van der Waals surface area contributed by atoms with Crippen LogP contribution in [0.1, 0.15) is 58.8 Å². The minimum absolute atomic E-state index is 0.139. The third-order valence-electron chi connectivity index (χ3n) is 7.78. The molecule has 0 aromatic rings. The maximum Gasteiger partial charge on any atom is 0.141 e. The van der Waals surface area contributed by atoms with Gasteiger partial charge in [0.25, 0.3) is 0 Å². The van der Waals surface area contributed by atoms with Crippen LogP contribution in [0.15, 0.2) is 11.6 Å². The van der Waals surface area contributed by atoms with E-state index in [2.05, 4.69) is 19.9 Å². The Kier molecular flexibility index (Phi) is 3.16. The lowest BCUT2D eigenvalue weighted by molar-refractivity contribution is -0.133. The van der Waals surface area contributed by atoms with Gasteiger partial charge in [0.05, 0.1) is 12.2 Å². The molecule has 3 fully saturated rings. The molecule has 0 spiro atoms. The van der Waals surface area contributed by atoms with Gasteiger partial charge in [-0.2, -0.15) is 0 Å². The predicted octanol–water partition coefficient (Wildman–Crippen LogP) is 2.85. The van der Waals surface area contributed by atoms with Crippen LogP contribution in [-0.2, 0) is 4.79 Å². The van der Waals surface area contributed by atoms with Crippen LogP contribution in [0.5, 0.6) is 0 Å². The third kappa shape index (κ3) is 1.78. The monoisotopic (exact) mass is 304 g/mol. The average Bonchev–Trinajstić information content (AvgIpc) is 2.70. The molecule has 0 saturated heterocycles. The van der Waals surface area contributed by atoms with E-state index < -0.39 is 6.10 Å². The molecule has 0 unspecified atom stereocenters. The molecule has 3 nitrogen and oxygen atoms in total. The number of ketones is 1. The van der Waals surface area contributed by atoms with Crippen LogP contribution in [0.25, 0.3) is 0 Å². The van der Waals surface area contributed by atoms with Crippen LogP contribution in [0.4, 0.5) is 0 Å². The van der Waals surface area contributed by atoms with E-state index in [0.29, 0.717) is 18.3 Å². The Morgan fingerprint density at radius 3 is 2.59 bits per heavy atom. The molecule has 22 heavy (non-hydrogen) atoms. The second-order valence-electron chi connectivity index (χ2n) is 8.73. The Morgan fingerprint density at radius 1 is 1.09 bits per heavy atom. The molecule has 4 rings (SSSR count). The van der Waals surface area contributed by atoms with E-state index in [4.69, 9.17) is 0 Å². The van der Waals surface area contributed by atoms with Gasteiger partial charge in [-0.05, 0) is 55.8 Å². The van der Waals surface area contributed by atoms with Gasteiger partial charge in [0, 0.05) is 17.8 Å². The standard InChI is InChI=1S/C19H28O3/c1-18-7-5-12(20)9-11(18)3-4-13-14(18)6-8-19(2)16(22)10-15(21)17(13)19/h3,12-15,17,20-21H,4-10H2,1-2H3/t12-,13-,14+,15+,17-,18+,19-/m1/s1. The zero-order valence-electron chi connectivity index (χ0n) is 13.7. The summed E-state index contributed by atoms with van der Waals surface area (Å²) in [6.45, 7) is 4.46. The number of hydrogen-bond donors (Lipinski definition) is 2. The van der Waals surface area contributed by atoms with Crippen molar-refractivity contribution in [3.63, 3.8) is 0 Å². The van der Waals surface area contributed by atoms with E-state index in [0.717, 1.165) is 38.5 Å². The first-order valence-corrected chi connectivity index (χ1v) is 8.95. The summed E-state index contributed by atoms with van der Waals surface area (Å²) in [5.41, 5.74) is 1.32. The fourth-order valence-electron chi connectivity index (χ4n) is 6.48. The molecule has 0 aromatic heterocycles. The van der Waals surface area contributed by atoms with Gasteiger partial charge in [-0.25, -0.2) is 0 Å². The smallest absolute Gasteiger partial charge is 0.141 e. The second kappa shape index (κ2) is 4.67. The Hall–Kier alpha value is -0.670. The van der Waals surface area contributed by atoms with E-state index in [9.17, 15) is 15.0 Å². The number of hydrogen-bond acceptors (Lipinski definition) is 3. The van der Waals surface area contributed by atoms with Gasteiger partial charge in [-0.15, -0.1) is 0 Å². The van der Waals surface area contributed by atoms with Gasteiger partial charge in [0.15, 0.2) is 0 Å². The van der Waals surface area contributed by atoms with Crippen molar-refractivity contribution >= 4 is 5.78 Å². The highest BCUT2D eigenvalue weighted by molar-refractivity contribution is 5.88. The molecule has 0 radical (unpaired) electrons. The molecule has 3 saturated carbocycles. The number of aliphatic hydroxyl groups excluding tert-OH is 2. The van der Waals surface area contributed by atoms with E-state index >= 15 is 0 Å². The molecule has 0 aromatic carbocycles. The van der Waals surface area contributed by atoms with Crippen LogP contribution < -0.4 is 0 Å². The molecule has 0 heterocycles. The highest BCUT2D eigenvalue weighted by Crippen LogP contribution is 2.63. The highest BCUT2D eigenvalue weighted by atomic mass is 16.3. The Labute approximate surface area is 132 Å². The van der Waals surface area contributed by atoms with Crippen LogP contribution in [0.2, 0.25) is 0 Å². The summed E-state index contributed by atoms with van der Waals surface area (Å²) in [6, 6.07) is 0. The Balaban J connectivity index is 1.72. The summed E-state index contributed by atoms with van der Waals surface area (Å²) in [6.07, 6.45) is 7.84. The number of rotatable bonds is 0. The molecule has 4 aliphatic carbocycles. The number of allylic oxidation sites excluding steroid dienone is 1. The first-order chi connectivity index (χ1) is 10.4. The number of carbonyl (C=O) groups excluding carboxylic acids is 1. The normalized spacial score (nSPS) is 54.3. The van der Waals surface area contributed by atoms with E-state index in [-0.39, 0.29) is 28.6 Å². The summed E-state index contributed by atoms with van der Waals surface area (Å²) in [4.78, 5) is 12.4. The largest absolute Gasteiger partial charge is 0.393 e. The zero-order chi connectivity index (χ0) is 15.7. The van der Waals surface area contributed by atoms with E-state index in [1.807, 2.05) is 0 Å². The molecule has 0 bridgehead atoms. The Morgan fingerprint density at radius 2 is 1.82 bits per heavy atom. The first-order valence-electron chi connectivity index (χ1n) is 8.95. The predicted molar refractivity (Wildman–Crippen MR) is 84.1 cm³/mol. The van der Waals surface area contributed by atoms with Crippen molar-refractivity contribution < 1.29 is 15.0 Å². The molecule has 122 valence electrons. The Bertz CT molecular complexity index is 539. The third-order valence-corrected chi connectivity index (χ3v) is 7.78. The average molecular weight is 304 g/mol. The quantitative estimate of drug-likeness (QED) is 0.677. The van der Waals surface area contributed by atoms with Gasteiger partial charge < -0.3 is 10.2 Å². The number of fused-ring (bicyclic) bond motifs is 5. The molecule has 7 atom stereocenters. The van der Waals surface area contributed by atoms with Crippen LogP contribution in [0.3, 0.4) is 0 Å². The molecular weight excluding hydrogens is 276 g/mol. The van der Waals surface area contributed by atoms with Crippen molar-refractivity contribution in [1.82, 2.24) is 0 Å². The van der Waals surface area contributed by atoms with Gasteiger partial charge in [-0.1, -0.05) is 25.5 Å². The molecule has 2 N–H and O–H groups in total. The maximum absolute atomic E-state index is 12.4. The van der Waals surface area contributed by atoms with Crippen molar-refractivity contribution in [3.8, 4) is 0 Å². The first kappa shape index (κ1) is 14.9. The number of aliphatic hydroxyl groups is 2. The van der Waals surface area contributed by atoms with Gasteiger partial charge in [-0.3, -0.25) is 4.79 Å². The van der Waals surface area contributed by atoms with Crippen LogP contribution in [-0.4, -0.2) is 28.2 Å². The molecule has 0 aliphatic heterocycles. The maximum atomic E-state index is 12.4. The number of carbonyl (C=O) groups is 1. The lowest BCUT2D eigenvalue weighted by Crippen LogP contribution is -2.52. The lowest BCUT2D eigenvalue weighted by atomic mass is 9.48. The fourth-order valence-corrected chi connectivity index (χ4v) is 6.48. The summed E-state index contributed by atoms with van der Waals surface area (Å²) in [7, 11) is 0. The van der Waals surface area contributed by atoms with Crippen molar-refractivity contribution in [1.29, 1.82) is 0 Å². The highest BCUT2D eigenvalue weighted by Gasteiger charge is 2.61. The minimum atomic E-state index is -0.446. The second-order valence-corrected chi connectivity index (χ2v) is 8.73.